The summed E-state index contributed by atoms with van der Waals surface area (Å²) in [6.45, 7) is 12.0. The first-order valence-corrected chi connectivity index (χ1v) is 14.0. The number of aliphatic hydroxyl groups is 1. The number of benzene rings is 1. The maximum absolute atomic E-state index is 12.6. The molecule has 0 heterocycles. The molecule has 190 valence electrons. The highest BCUT2D eigenvalue weighted by atomic mass is 16.3. The Kier molecular flexibility index (Phi) is 6.31. The van der Waals surface area contributed by atoms with Crippen molar-refractivity contribution in [2.75, 3.05) is 5.32 Å². The maximum atomic E-state index is 12.6. The van der Waals surface area contributed by atoms with Gasteiger partial charge in [0.1, 0.15) is 0 Å². The number of hydrogen-bond donors (Lipinski definition) is 2. The van der Waals surface area contributed by atoms with Crippen molar-refractivity contribution < 1.29 is 9.90 Å². The van der Waals surface area contributed by atoms with E-state index in [1.54, 1.807) is 16.7 Å². The molecular formula is C32H45NO2. The Morgan fingerprint density at radius 1 is 1.06 bits per heavy atom. The molecule has 4 aliphatic rings. The minimum Gasteiger partial charge on any atom is -0.393 e. The summed E-state index contributed by atoms with van der Waals surface area (Å²) in [4.78, 5) is 12.6. The normalized spacial score (nSPS) is 36.5. The van der Waals surface area contributed by atoms with Crippen LogP contribution < -0.4 is 5.32 Å². The van der Waals surface area contributed by atoms with Crippen molar-refractivity contribution in [1.29, 1.82) is 0 Å². The van der Waals surface area contributed by atoms with Crippen LogP contribution in [0.3, 0.4) is 0 Å². The molecule has 3 heteroatoms. The molecule has 1 saturated carbocycles. The summed E-state index contributed by atoms with van der Waals surface area (Å²) in [6, 6.07) is 9.79. The van der Waals surface area contributed by atoms with Crippen LogP contribution in [0.25, 0.3) is 0 Å². The number of amides is 1. The fraction of sp³-hybridized carbons (Fsp3) is 0.656. The number of anilines is 1. The molecule has 2 N–H and O–H groups in total. The summed E-state index contributed by atoms with van der Waals surface area (Å²) >= 11 is 0. The highest BCUT2D eigenvalue weighted by molar-refractivity contribution is 5.90. The van der Waals surface area contributed by atoms with Crippen molar-refractivity contribution >= 4 is 11.6 Å². The van der Waals surface area contributed by atoms with E-state index in [9.17, 15) is 9.90 Å². The van der Waals surface area contributed by atoms with E-state index in [1.807, 2.05) is 30.3 Å². The van der Waals surface area contributed by atoms with Gasteiger partial charge in [-0.05, 0) is 109 Å². The SMILES string of the molecule is C[C@H](CCC(=O)Nc1ccccc1)[C@H]1CC=C2C3=C(CC[C@@]21C)[C@@]1(C)CCC(O)C(C)(C)[C@@H]1CC3. The van der Waals surface area contributed by atoms with Crippen LogP contribution in [0.1, 0.15) is 92.4 Å². The van der Waals surface area contributed by atoms with Crippen molar-refractivity contribution in [3.05, 3.63) is 53.1 Å². The van der Waals surface area contributed by atoms with Gasteiger partial charge in [0.15, 0.2) is 0 Å². The average molecular weight is 476 g/mol. The lowest BCUT2D eigenvalue weighted by Crippen LogP contribution is -2.53. The molecule has 0 aliphatic heterocycles. The van der Waals surface area contributed by atoms with Gasteiger partial charge < -0.3 is 10.4 Å². The fourth-order valence-corrected chi connectivity index (χ4v) is 8.88. The van der Waals surface area contributed by atoms with Gasteiger partial charge in [0.05, 0.1) is 6.10 Å². The molecule has 35 heavy (non-hydrogen) atoms. The summed E-state index contributed by atoms with van der Waals surface area (Å²) in [6.07, 6.45) is 11.9. The van der Waals surface area contributed by atoms with Crippen LogP contribution in [0.15, 0.2) is 53.1 Å². The van der Waals surface area contributed by atoms with Crippen molar-refractivity contribution in [3.63, 3.8) is 0 Å². The monoisotopic (exact) mass is 475 g/mol. The van der Waals surface area contributed by atoms with E-state index >= 15 is 0 Å². The van der Waals surface area contributed by atoms with E-state index in [1.165, 1.54) is 25.7 Å². The lowest BCUT2D eigenvalue weighted by molar-refractivity contribution is -0.116. The van der Waals surface area contributed by atoms with Gasteiger partial charge in [0.25, 0.3) is 0 Å². The molecule has 0 aromatic heterocycles. The quantitative estimate of drug-likeness (QED) is 0.459. The third-order valence-corrected chi connectivity index (χ3v) is 11.0. The Morgan fingerprint density at radius 2 is 1.80 bits per heavy atom. The molecule has 4 aliphatic carbocycles. The number of allylic oxidation sites excluding steroid dienone is 4. The second kappa shape index (κ2) is 8.91. The fourth-order valence-electron chi connectivity index (χ4n) is 8.88. The van der Waals surface area contributed by atoms with Crippen molar-refractivity contribution in [1.82, 2.24) is 0 Å². The minimum atomic E-state index is -0.174. The Labute approximate surface area is 212 Å². The topological polar surface area (TPSA) is 49.3 Å². The zero-order valence-electron chi connectivity index (χ0n) is 22.5. The standard InChI is InChI=1S/C32H45NO2/c1-21(11-16-29(35)33-22-9-7-6-8-10-22)24-13-14-25-23-12-15-27-30(2,3)28(34)18-20-32(27,5)26(23)17-19-31(24,25)4/h6-10,14,21,24,27-28,34H,11-13,15-20H2,1-5H3,(H,33,35)/t21-,24-,27+,28?,31-,32-/m1/s1. The van der Waals surface area contributed by atoms with Gasteiger partial charge in [0.2, 0.25) is 5.91 Å². The lowest BCUT2D eigenvalue weighted by Gasteiger charge is -2.59. The first-order valence-electron chi connectivity index (χ1n) is 14.0. The van der Waals surface area contributed by atoms with Crippen LogP contribution in [-0.2, 0) is 4.79 Å². The molecule has 0 spiro atoms. The number of carbonyl (C=O) groups is 1. The molecule has 0 radical (unpaired) electrons. The van der Waals surface area contributed by atoms with Crippen LogP contribution >= 0.6 is 0 Å². The largest absolute Gasteiger partial charge is 0.393 e. The molecule has 0 saturated heterocycles. The van der Waals surface area contributed by atoms with Gasteiger partial charge in [0, 0.05) is 12.1 Å². The van der Waals surface area contributed by atoms with E-state index in [-0.39, 0.29) is 28.3 Å². The number of nitrogens with one attached hydrogen (secondary N) is 1. The number of para-hydroxylation sites is 1. The minimum absolute atomic E-state index is 0.00624. The smallest absolute Gasteiger partial charge is 0.224 e. The highest BCUT2D eigenvalue weighted by Gasteiger charge is 2.57. The second-order valence-electron chi connectivity index (χ2n) is 13.1. The van der Waals surface area contributed by atoms with Gasteiger partial charge in [-0.25, -0.2) is 0 Å². The molecule has 1 unspecified atom stereocenters. The second-order valence-corrected chi connectivity index (χ2v) is 13.1. The van der Waals surface area contributed by atoms with E-state index in [0.717, 1.165) is 31.4 Å². The van der Waals surface area contributed by atoms with Gasteiger partial charge >= 0.3 is 0 Å². The molecule has 6 atom stereocenters. The summed E-state index contributed by atoms with van der Waals surface area (Å²) in [5, 5.41) is 13.8. The molecule has 1 aromatic rings. The average Bonchev–Trinajstić information content (AvgIpc) is 3.18. The summed E-state index contributed by atoms with van der Waals surface area (Å²) in [5.74, 6) is 1.84. The first-order chi connectivity index (χ1) is 16.6. The lowest BCUT2D eigenvalue weighted by atomic mass is 9.46. The Balaban J connectivity index is 1.30. The number of fused-ring (bicyclic) bond motifs is 4. The number of carbonyl (C=O) groups excluding carboxylic acids is 1. The van der Waals surface area contributed by atoms with Crippen molar-refractivity contribution in [2.24, 2.45) is 34.0 Å². The molecular weight excluding hydrogens is 430 g/mol. The third kappa shape index (κ3) is 4.02. The third-order valence-electron chi connectivity index (χ3n) is 11.0. The molecule has 5 rings (SSSR count). The zero-order valence-corrected chi connectivity index (χ0v) is 22.5. The Morgan fingerprint density at radius 3 is 2.54 bits per heavy atom. The van der Waals surface area contributed by atoms with Gasteiger partial charge in [-0.3, -0.25) is 4.79 Å². The van der Waals surface area contributed by atoms with Crippen LogP contribution in [0.4, 0.5) is 5.69 Å². The summed E-state index contributed by atoms with van der Waals surface area (Å²) < 4.78 is 0. The number of aliphatic hydroxyl groups excluding tert-OH is 1. The van der Waals surface area contributed by atoms with E-state index in [2.05, 4.69) is 46.0 Å². The van der Waals surface area contributed by atoms with Crippen LogP contribution in [0.2, 0.25) is 0 Å². The number of rotatable bonds is 5. The van der Waals surface area contributed by atoms with E-state index in [0.29, 0.717) is 24.2 Å². The van der Waals surface area contributed by atoms with Gasteiger partial charge in [-0.15, -0.1) is 0 Å². The zero-order chi connectivity index (χ0) is 25.0. The predicted octanol–water partition coefficient (Wildman–Crippen LogP) is 7.68. The first kappa shape index (κ1) is 24.8. The van der Waals surface area contributed by atoms with Gasteiger partial charge in [-0.2, -0.15) is 0 Å². The maximum Gasteiger partial charge on any atom is 0.224 e. The molecule has 1 fully saturated rings. The van der Waals surface area contributed by atoms with E-state index < -0.39 is 0 Å². The van der Waals surface area contributed by atoms with Crippen LogP contribution in [0, 0.1) is 34.0 Å². The number of hydrogen-bond acceptors (Lipinski definition) is 2. The molecule has 3 nitrogen and oxygen atoms in total. The molecule has 1 amide bonds. The van der Waals surface area contributed by atoms with Crippen LogP contribution in [-0.4, -0.2) is 17.1 Å². The predicted molar refractivity (Wildman–Crippen MR) is 144 cm³/mol. The van der Waals surface area contributed by atoms with Crippen molar-refractivity contribution in [2.45, 2.75) is 98.5 Å². The molecule has 1 aromatic carbocycles. The van der Waals surface area contributed by atoms with E-state index in [4.69, 9.17) is 0 Å². The summed E-state index contributed by atoms with van der Waals surface area (Å²) in [7, 11) is 0. The molecule has 0 bridgehead atoms. The van der Waals surface area contributed by atoms with Gasteiger partial charge in [-0.1, -0.05) is 64.5 Å². The Bertz CT molecular complexity index is 1040. The summed E-state index contributed by atoms with van der Waals surface area (Å²) in [5.41, 5.74) is 6.41. The van der Waals surface area contributed by atoms with Crippen LogP contribution in [0.5, 0.6) is 0 Å². The highest BCUT2D eigenvalue weighted by Crippen LogP contribution is 2.66. The Hall–Kier alpha value is -1.87. The van der Waals surface area contributed by atoms with Crippen molar-refractivity contribution in [3.8, 4) is 0 Å².